The average Bonchev–Trinajstić information content (AvgIpc) is 3.13. The average molecular weight is 492 g/mol. The summed E-state index contributed by atoms with van der Waals surface area (Å²) in [7, 11) is 1.57. The first-order valence-electron chi connectivity index (χ1n) is 10.3. The summed E-state index contributed by atoms with van der Waals surface area (Å²) in [6.45, 7) is 1.65. The van der Waals surface area contributed by atoms with Gasteiger partial charge in [0.25, 0.3) is 5.92 Å². The summed E-state index contributed by atoms with van der Waals surface area (Å²) >= 11 is 6.04. The predicted molar refractivity (Wildman–Crippen MR) is 118 cm³/mol. The number of nitrogens with zero attached hydrogens (tertiary/aromatic N) is 5. The number of hydrogen-bond acceptors (Lipinski definition) is 7. The van der Waals surface area contributed by atoms with Gasteiger partial charge in [-0.1, -0.05) is 22.9 Å². The van der Waals surface area contributed by atoms with E-state index in [1.54, 1.807) is 26.1 Å². The molecule has 178 valence electrons. The van der Waals surface area contributed by atoms with Gasteiger partial charge in [0.2, 0.25) is 5.91 Å². The first kappa shape index (κ1) is 23.5. The van der Waals surface area contributed by atoms with E-state index in [0.29, 0.717) is 11.3 Å². The van der Waals surface area contributed by atoms with Gasteiger partial charge in [-0.25, -0.2) is 23.2 Å². The van der Waals surface area contributed by atoms with Gasteiger partial charge in [-0.2, -0.15) is 0 Å². The number of anilines is 2. The number of rotatable bonds is 6. The molecule has 0 bridgehead atoms. The van der Waals surface area contributed by atoms with E-state index in [-0.39, 0.29) is 35.2 Å². The molecule has 1 aliphatic carbocycles. The zero-order chi connectivity index (χ0) is 24.5. The van der Waals surface area contributed by atoms with Crippen LogP contribution in [0.2, 0.25) is 5.15 Å². The van der Waals surface area contributed by atoms with E-state index < -0.39 is 29.9 Å². The number of halogens is 3. The molecule has 34 heavy (non-hydrogen) atoms. The summed E-state index contributed by atoms with van der Waals surface area (Å²) in [6, 6.07) is 6.39. The number of amides is 2. The minimum absolute atomic E-state index is 0.140. The Balaban J connectivity index is 1.43. The van der Waals surface area contributed by atoms with Crippen molar-refractivity contribution in [3.05, 3.63) is 47.4 Å². The van der Waals surface area contributed by atoms with Crippen LogP contribution in [0.25, 0.3) is 11.4 Å². The molecule has 1 fully saturated rings. The van der Waals surface area contributed by atoms with Crippen LogP contribution in [0.4, 0.5) is 25.1 Å². The third-order valence-electron chi connectivity index (χ3n) is 5.42. The summed E-state index contributed by atoms with van der Waals surface area (Å²) in [5, 5.41) is 13.2. The van der Waals surface area contributed by atoms with Gasteiger partial charge < -0.3 is 10.1 Å². The molecule has 2 atom stereocenters. The van der Waals surface area contributed by atoms with Crippen molar-refractivity contribution >= 4 is 35.1 Å². The molecule has 1 saturated carbocycles. The number of nitrogens with one attached hydrogen (secondary N) is 2. The molecular weight excluding hydrogens is 472 g/mol. The summed E-state index contributed by atoms with van der Waals surface area (Å²) in [4.78, 5) is 32.7. The van der Waals surface area contributed by atoms with Crippen LogP contribution in [0, 0.1) is 5.92 Å². The highest BCUT2D eigenvalue weighted by Gasteiger charge is 2.52. The third-order valence-corrected chi connectivity index (χ3v) is 5.74. The maximum absolute atomic E-state index is 13.4. The molecule has 4 rings (SSSR count). The van der Waals surface area contributed by atoms with E-state index in [1.807, 2.05) is 0 Å². The van der Waals surface area contributed by atoms with Gasteiger partial charge in [0.05, 0.1) is 17.6 Å². The second-order valence-electron chi connectivity index (χ2n) is 7.74. The lowest BCUT2D eigenvalue weighted by Crippen LogP contribution is -2.46. The largest absolute Gasteiger partial charge is 0.441 e. The zero-order valence-electron chi connectivity index (χ0n) is 18.1. The monoisotopic (exact) mass is 491 g/mol. The summed E-state index contributed by atoms with van der Waals surface area (Å²) in [5.41, 5.74) is 1.38. The number of hydrogen-bond donors (Lipinski definition) is 2. The smallest absolute Gasteiger partial charge is 0.413 e. The molecular formula is C21H20ClF2N7O3. The third kappa shape index (κ3) is 4.81. The Morgan fingerprint density at radius 2 is 2.06 bits per heavy atom. The van der Waals surface area contributed by atoms with E-state index in [2.05, 4.69) is 30.9 Å². The van der Waals surface area contributed by atoms with Crippen LogP contribution in [0.3, 0.4) is 0 Å². The lowest BCUT2D eigenvalue weighted by Gasteiger charge is -2.34. The molecule has 0 spiro atoms. The normalized spacial score (nSPS) is 17.4. The molecule has 3 heterocycles. The number of pyridine rings is 2. The number of aryl methyl sites for hydroxylation is 1. The van der Waals surface area contributed by atoms with Crippen LogP contribution in [-0.2, 0) is 16.6 Å². The van der Waals surface area contributed by atoms with Crippen molar-refractivity contribution < 1.29 is 23.1 Å². The van der Waals surface area contributed by atoms with Gasteiger partial charge >= 0.3 is 6.09 Å². The number of carbonyl (C=O) groups excluding carboxylic acids is 2. The Labute approximate surface area is 197 Å². The van der Waals surface area contributed by atoms with Crippen molar-refractivity contribution in [1.82, 2.24) is 25.0 Å². The standard InChI is InChI=1S/C21H20ClF2N7O3/c1-11(13-4-3-9-25-17(13)22)34-20(33)28-18-16(29-30-31(18)2)15-6-5-12(10-26-15)27-19(32)14-7-8-21(14,23)24/h3-6,9-11,14H,7-8H2,1-2H3,(H,27,32)(H,28,33)/t11-,14+/m1/s1. The minimum Gasteiger partial charge on any atom is -0.441 e. The van der Waals surface area contributed by atoms with E-state index in [1.165, 1.54) is 29.2 Å². The zero-order valence-corrected chi connectivity index (χ0v) is 18.9. The van der Waals surface area contributed by atoms with E-state index in [9.17, 15) is 18.4 Å². The van der Waals surface area contributed by atoms with E-state index in [4.69, 9.17) is 16.3 Å². The van der Waals surface area contributed by atoms with Crippen LogP contribution in [0.15, 0.2) is 36.7 Å². The van der Waals surface area contributed by atoms with Crippen LogP contribution < -0.4 is 10.6 Å². The van der Waals surface area contributed by atoms with Crippen LogP contribution in [-0.4, -0.2) is 42.9 Å². The number of alkyl halides is 2. The summed E-state index contributed by atoms with van der Waals surface area (Å²) in [6.07, 6.45) is 1.24. The van der Waals surface area contributed by atoms with Crippen LogP contribution in [0.1, 0.15) is 31.4 Å². The van der Waals surface area contributed by atoms with Gasteiger partial charge in [-0.05, 0) is 31.5 Å². The van der Waals surface area contributed by atoms with Gasteiger partial charge in [0, 0.05) is 25.2 Å². The summed E-state index contributed by atoms with van der Waals surface area (Å²) < 4.78 is 33.6. The van der Waals surface area contributed by atoms with Gasteiger partial charge in [-0.3, -0.25) is 15.1 Å². The van der Waals surface area contributed by atoms with Gasteiger partial charge in [-0.15, -0.1) is 5.10 Å². The highest BCUT2D eigenvalue weighted by Crippen LogP contribution is 2.43. The molecule has 3 aromatic heterocycles. The second-order valence-corrected chi connectivity index (χ2v) is 8.10. The first-order chi connectivity index (χ1) is 16.2. The van der Waals surface area contributed by atoms with Crippen molar-refractivity contribution in [3.63, 3.8) is 0 Å². The molecule has 3 aromatic rings. The second kappa shape index (κ2) is 9.29. The molecule has 0 unspecified atom stereocenters. The highest BCUT2D eigenvalue weighted by molar-refractivity contribution is 6.30. The Morgan fingerprint density at radius 3 is 2.68 bits per heavy atom. The molecule has 2 amide bonds. The topological polar surface area (TPSA) is 124 Å². The Hall–Kier alpha value is -3.67. The van der Waals surface area contributed by atoms with Crippen LogP contribution >= 0.6 is 11.6 Å². The highest BCUT2D eigenvalue weighted by atomic mass is 35.5. The fourth-order valence-corrected chi connectivity index (χ4v) is 3.66. The fraction of sp³-hybridized carbons (Fsp3) is 0.333. The lowest BCUT2D eigenvalue weighted by atomic mass is 9.80. The molecule has 0 aromatic carbocycles. The minimum atomic E-state index is -2.98. The maximum atomic E-state index is 13.4. The molecule has 1 aliphatic rings. The van der Waals surface area contributed by atoms with Crippen molar-refractivity contribution in [2.24, 2.45) is 13.0 Å². The molecule has 0 radical (unpaired) electrons. The Kier molecular flexibility index (Phi) is 6.42. The Morgan fingerprint density at radius 1 is 1.26 bits per heavy atom. The number of aromatic nitrogens is 5. The number of carbonyl (C=O) groups is 2. The maximum Gasteiger partial charge on any atom is 0.413 e. The fourth-order valence-electron chi connectivity index (χ4n) is 3.39. The predicted octanol–water partition coefficient (Wildman–Crippen LogP) is 4.22. The van der Waals surface area contributed by atoms with E-state index in [0.717, 1.165) is 0 Å². The van der Waals surface area contributed by atoms with Gasteiger partial charge in [0.1, 0.15) is 17.2 Å². The van der Waals surface area contributed by atoms with Gasteiger partial charge in [0.15, 0.2) is 11.5 Å². The van der Waals surface area contributed by atoms with Crippen molar-refractivity contribution in [2.75, 3.05) is 10.6 Å². The lowest BCUT2D eigenvalue weighted by molar-refractivity contribution is -0.157. The first-order valence-corrected chi connectivity index (χ1v) is 10.7. The SMILES string of the molecule is C[C@@H](OC(=O)Nc1c(-c2ccc(NC(=O)[C@@H]3CCC3(F)F)cn2)nnn1C)c1cccnc1Cl. The molecule has 2 N–H and O–H groups in total. The molecule has 13 heteroatoms. The van der Waals surface area contributed by atoms with Crippen molar-refractivity contribution in [2.45, 2.75) is 31.8 Å². The quantitative estimate of drug-likeness (QED) is 0.495. The summed E-state index contributed by atoms with van der Waals surface area (Å²) in [5.74, 6) is -4.85. The number of ether oxygens (including phenoxy) is 1. The molecule has 10 nitrogen and oxygen atoms in total. The Bertz CT molecular complexity index is 1220. The van der Waals surface area contributed by atoms with Crippen LogP contribution in [0.5, 0.6) is 0 Å². The van der Waals surface area contributed by atoms with Crippen molar-refractivity contribution in [3.8, 4) is 11.4 Å². The van der Waals surface area contributed by atoms with E-state index >= 15 is 0 Å². The van der Waals surface area contributed by atoms with Crippen molar-refractivity contribution in [1.29, 1.82) is 0 Å². The molecule has 0 saturated heterocycles. The molecule has 0 aliphatic heterocycles.